The fraction of sp³-hybridized carbons (Fsp3) is 0.118. The first-order valence-electron chi connectivity index (χ1n) is 6.92. The Bertz CT molecular complexity index is 935. The van der Waals surface area contributed by atoms with Crippen LogP contribution in [0, 0.1) is 0 Å². The first kappa shape index (κ1) is 15.8. The lowest BCUT2D eigenvalue weighted by atomic mass is 10.1. The van der Waals surface area contributed by atoms with Crippen LogP contribution in [0.1, 0.15) is 10.4 Å². The number of aromatic nitrogens is 2. The largest absolute Gasteiger partial charge is 0.292 e. The van der Waals surface area contributed by atoms with Gasteiger partial charge in [0.05, 0.1) is 17.4 Å². The van der Waals surface area contributed by atoms with Crippen molar-refractivity contribution >= 4 is 40.0 Å². The van der Waals surface area contributed by atoms with E-state index in [9.17, 15) is 9.59 Å². The molecule has 6 heteroatoms. The SMILES string of the molecule is CSc1nc2ccccc2c(=O)n1CC(=O)c1ccc(Cl)cc1. The number of thioether (sulfide) groups is 1. The van der Waals surface area contributed by atoms with Crippen molar-refractivity contribution < 1.29 is 4.79 Å². The molecule has 0 aliphatic carbocycles. The second-order valence-electron chi connectivity index (χ2n) is 4.94. The van der Waals surface area contributed by atoms with Gasteiger partial charge in [0.2, 0.25) is 0 Å². The van der Waals surface area contributed by atoms with Crippen LogP contribution in [0.2, 0.25) is 5.02 Å². The van der Waals surface area contributed by atoms with E-state index in [2.05, 4.69) is 4.98 Å². The third-order valence-electron chi connectivity index (χ3n) is 3.48. The number of ketones is 1. The highest BCUT2D eigenvalue weighted by molar-refractivity contribution is 7.98. The van der Waals surface area contributed by atoms with Crippen LogP contribution in [0.4, 0.5) is 0 Å². The Morgan fingerprint density at radius 2 is 1.87 bits per heavy atom. The van der Waals surface area contributed by atoms with Gasteiger partial charge in [0.1, 0.15) is 0 Å². The molecule has 3 rings (SSSR count). The lowest BCUT2D eigenvalue weighted by molar-refractivity contribution is 0.0967. The van der Waals surface area contributed by atoms with E-state index in [1.54, 1.807) is 42.5 Å². The Morgan fingerprint density at radius 3 is 2.57 bits per heavy atom. The molecule has 0 saturated carbocycles. The summed E-state index contributed by atoms with van der Waals surface area (Å²) >= 11 is 7.18. The predicted molar refractivity (Wildman–Crippen MR) is 93.6 cm³/mol. The maximum atomic E-state index is 12.7. The summed E-state index contributed by atoms with van der Waals surface area (Å²) in [5.41, 5.74) is 0.945. The van der Waals surface area contributed by atoms with E-state index >= 15 is 0 Å². The van der Waals surface area contributed by atoms with E-state index in [-0.39, 0.29) is 17.9 Å². The molecule has 1 heterocycles. The lowest BCUT2D eigenvalue weighted by Gasteiger charge is -2.11. The third-order valence-corrected chi connectivity index (χ3v) is 4.41. The Balaban J connectivity index is 2.05. The summed E-state index contributed by atoms with van der Waals surface area (Å²) in [4.78, 5) is 29.6. The number of hydrogen-bond acceptors (Lipinski definition) is 4. The van der Waals surface area contributed by atoms with Gasteiger partial charge in [0.15, 0.2) is 10.9 Å². The van der Waals surface area contributed by atoms with E-state index in [0.29, 0.717) is 26.6 Å². The van der Waals surface area contributed by atoms with Gasteiger partial charge >= 0.3 is 0 Å². The van der Waals surface area contributed by atoms with E-state index in [1.165, 1.54) is 16.3 Å². The summed E-state index contributed by atoms with van der Waals surface area (Å²) in [7, 11) is 0. The van der Waals surface area contributed by atoms with Gasteiger partial charge in [-0.1, -0.05) is 35.5 Å². The number of carbonyl (C=O) groups excluding carboxylic acids is 1. The van der Waals surface area contributed by atoms with Crippen molar-refractivity contribution in [2.24, 2.45) is 0 Å². The summed E-state index contributed by atoms with van der Waals surface area (Å²) in [6.45, 7) is -0.0471. The van der Waals surface area contributed by atoms with Crippen molar-refractivity contribution in [2.45, 2.75) is 11.7 Å². The van der Waals surface area contributed by atoms with Gasteiger partial charge in [-0.2, -0.15) is 0 Å². The molecule has 1 aromatic heterocycles. The molecule has 116 valence electrons. The maximum Gasteiger partial charge on any atom is 0.262 e. The molecule has 0 atom stereocenters. The molecule has 0 fully saturated rings. The van der Waals surface area contributed by atoms with Gasteiger partial charge in [-0.15, -0.1) is 0 Å². The molecule has 0 aliphatic heterocycles. The van der Waals surface area contributed by atoms with Crippen LogP contribution >= 0.6 is 23.4 Å². The zero-order chi connectivity index (χ0) is 16.4. The molecule has 0 bridgehead atoms. The van der Waals surface area contributed by atoms with Gasteiger partial charge in [-0.05, 0) is 42.7 Å². The van der Waals surface area contributed by atoms with Crippen molar-refractivity contribution in [3.05, 3.63) is 69.5 Å². The molecule has 2 aromatic carbocycles. The topological polar surface area (TPSA) is 52.0 Å². The number of para-hydroxylation sites is 1. The number of carbonyl (C=O) groups is 1. The van der Waals surface area contributed by atoms with Crippen molar-refractivity contribution in [3.8, 4) is 0 Å². The van der Waals surface area contributed by atoms with E-state index < -0.39 is 0 Å². The van der Waals surface area contributed by atoms with Crippen LogP contribution in [-0.4, -0.2) is 21.6 Å². The Morgan fingerprint density at radius 1 is 1.17 bits per heavy atom. The minimum Gasteiger partial charge on any atom is -0.292 e. The summed E-state index contributed by atoms with van der Waals surface area (Å²) in [6.07, 6.45) is 1.83. The standard InChI is InChI=1S/C17H13ClN2O2S/c1-23-17-19-14-5-3-2-4-13(14)16(22)20(17)10-15(21)11-6-8-12(18)9-7-11/h2-9H,10H2,1H3. The van der Waals surface area contributed by atoms with Gasteiger partial charge in [-0.3, -0.25) is 14.2 Å². The number of halogens is 1. The van der Waals surface area contributed by atoms with Crippen molar-refractivity contribution in [2.75, 3.05) is 6.26 Å². The maximum absolute atomic E-state index is 12.7. The monoisotopic (exact) mass is 344 g/mol. The molecule has 0 amide bonds. The normalized spacial score (nSPS) is 10.9. The number of hydrogen-bond donors (Lipinski definition) is 0. The average molecular weight is 345 g/mol. The first-order valence-corrected chi connectivity index (χ1v) is 8.53. The van der Waals surface area contributed by atoms with Crippen LogP contribution in [0.3, 0.4) is 0 Å². The van der Waals surface area contributed by atoms with E-state index in [1.807, 2.05) is 12.3 Å². The van der Waals surface area contributed by atoms with Gasteiger partial charge < -0.3 is 0 Å². The zero-order valence-electron chi connectivity index (χ0n) is 12.3. The Hall–Kier alpha value is -2.11. The third kappa shape index (κ3) is 3.16. The molecule has 23 heavy (non-hydrogen) atoms. The average Bonchev–Trinajstić information content (AvgIpc) is 2.57. The number of Topliss-reactive ketones (excluding diaryl/α,β-unsaturated/α-hetero) is 1. The fourth-order valence-electron chi connectivity index (χ4n) is 2.31. The number of fused-ring (bicyclic) bond motifs is 1. The quantitative estimate of drug-likeness (QED) is 0.412. The minimum atomic E-state index is -0.206. The molecule has 0 unspecified atom stereocenters. The Kier molecular flexibility index (Phi) is 4.50. The summed E-state index contributed by atoms with van der Waals surface area (Å²) in [5, 5.41) is 1.60. The van der Waals surface area contributed by atoms with E-state index in [0.717, 1.165) is 0 Å². The lowest BCUT2D eigenvalue weighted by Crippen LogP contribution is -2.27. The second-order valence-corrected chi connectivity index (χ2v) is 6.15. The molecule has 0 N–H and O–H groups in total. The zero-order valence-corrected chi connectivity index (χ0v) is 13.9. The highest BCUT2D eigenvalue weighted by atomic mass is 35.5. The van der Waals surface area contributed by atoms with Crippen LogP contribution < -0.4 is 5.56 Å². The number of rotatable bonds is 4. The summed E-state index contributed by atoms with van der Waals surface area (Å²) in [5.74, 6) is -0.156. The van der Waals surface area contributed by atoms with Crippen LogP contribution in [-0.2, 0) is 6.54 Å². The second kappa shape index (κ2) is 6.56. The molecule has 0 radical (unpaired) electrons. The number of nitrogens with zero attached hydrogens (tertiary/aromatic N) is 2. The molecular formula is C17H13ClN2O2S. The fourth-order valence-corrected chi connectivity index (χ4v) is 3.00. The molecule has 0 aliphatic rings. The van der Waals surface area contributed by atoms with Crippen molar-refractivity contribution in [3.63, 3.8) is 0 Å². The summed E-state index contributed by atoms with van der Waals surface area (Å²) < 4.78 is 1.42. The first-order chi connectivity index (χ1) is 11.1. The van der Waals surface area contributed by atoms with Crippen molar-refractivity contribution in [1.82, 2.24) is 9.55 Å². The molecule has 4 nitrogen and oxygen atoms in total. The van der Waals surface area contributed by atoms with E-state index in [4.69, 9.17) is 11.6 Å². The highest BCUT2D eigenvalue weighted by Crippen LogP contribution is 2.16. The minimum absolute atomic E-state index is 0.0471. The molecule has 0 saturated heterocycles. The molecular weight excluding hydrogens is 332 g/mol. The van der Waals surface area contributed by atoms with Crippen LogP contribution in [0.25, 0.3) is 10.9 Å². The van der Waals surface area contributed by atoms with Crippen LogP contribution in [0.15, 0.2) is 58.5 Å². The molecule has 0 spiro atoms. The van der Waals surface area contributed by atoms with Gasteiger partial charge in [0.25, 0.3) is 5.56 Å². The highest BCUT2D eigenvalue weighted by Gasteiger charge is 2.14. The molecule has 3 aromatic rings. The van der Waals surface area contributed by atoms with Gasteiger partial charge in [0, 0.05) is 10.6 Å². The van der Waals surface area contributed by atoms with Gasteiger partial charge in [-0.25, -0.2) is 4.98 Å². The summed E-state index contributed by atoms with van der Waals surface area (Å²) in [6, 6.07) is 13.8. The predicted octanol–water partition coefficient (Wildman–Crippen LogP) is 3.65. The van der Waals surface area contributed by atoms with Crippen molar-refractivity contribution in [1.29, 1.82) is 0 Å². The smallest absolute Gasteiger partial charge is 0.262 e. The Labute approximate surface area is 142 Å². The number of benzene rings is 2. The van der Waals surface area contributed by atoms with Crippen LogP contribution in [0.5, 0.6) is 0 Å².